The average Bonchev–Trinajstić information content (AvgIpc) is 3.59. The van der Waals surface area contributed by atoms with Crippen molar-refractivity contribution in [2.24, 2.45) is 0 Å². The number of amides is 2. The number of hydrogen-bond donors (Lipinski definition) is 1. The lowest BCUT2D eigenvalue weighted by molar-refractivity contribution is -0.140. The first-order valence-corrected chi connectivity index (χ1v) is 17.1. The molecule has 1 N–H and O–H groups in total. The molecule has 1 saturated carbocycles. The molecule has 9 heteroatoms. The largest absolute Gasteiger partial charge is 0.495 e. The number of nitrogens with zero attached hydrogens (tertiary/aromatic N) is 2. The molecule has 1 atom stereocenters. The number of ether oxygens (including phenoxy) is 1. The van der Waals surface area contributed by atoms with Gasteiger partial charge >= 0.3 is 0 Å². The lowest BCUT2D eigenvalue weighted by atomic mass is 10.0. The molecule has 4 aromatic rings. The third-order valence-electron chi connectivity index (χ3n) is 8.41. The summed E-state index contributed by atoms with van der Waals surface area (Å²) in [5, 5.41) is 3.20. The molecule has 0 saturated heterocycles. The highest BCUT2D eigenvalue weighted by molar-refractivity contribution is 7.92. The number of methoxy groups -OCH3 is 1. The Bertz CT molecular complexity index is 1710. The molecule has 0 aromatic heterocycles. The summed E-state index contributed by atoms with van der Waals surface area (Å²) in [5.41, 5.74) is 3.03. The van der Waals surface area contributed by atoms with Crippen LogP contribution >= 0.6 is 0 Å². The molecule has 0 bridgehead atoms. The van der Waals surface area contributed by atoms with E-state index >= 15 is 0 Å². The number of anilines is 1. The summed E-state index contributed by atoms with van der Waals surface area (Å²) in [7, 11) is -2.75. The van der Waals surface area contributed by atoms with Crippen LogP contribution < -0.4 is 14.4 Å². The minimum atomic E-state index is -4.21. The third kappa shape index (κ3) is 7.95. The van der Waals surface area contributed by atoms with E-state index in [1.165, 1.54) is 24.1 Å². The van der Waals surface area contributed by atoms with Crippen LogP contribution in [-0.4, -0.2) is 50.9 Å². The molecule has 1 aliphatic carbocycles. The van der Waals surface area contributed by atoms with Crippen LogP contribution in [0.15, 0.2) is 114 Å². The van der Waals surface area contributed by atoms with Crippen molar-refractivity contribution in [2.45, 2.75) is 62.6 Å². The van der Waals surface area contributed by atoms with Crippen LogP contribution in [-0.2, 0) is 32.6 Å². The monoisotopic (exact) mass is 639 g/mol. The molecule has 46 heavy (non-hydrogen) atoms. The van der Waals surface area contributed by atoms with E-state index in [1.807, 2.05) is 61.5 Å². The van der Waals surface area contributed by atoms with E-state index in [4.69, 9.17) is 4.74 Å². The molecule has 1 unspecified atom stereocenters. The van der Waals surface area contributed by atoms with Gasteiger partial charge < -0.3 is 15.0 Å². The van der Waals surface area contributed by atoms with Gasteiger partial charge in [-0.25, -0.2) is 8.42 Å². The first-order chi connectivity index (χ1) is 22.3. The highest BCUT2D eigenvalue weighted by Gasteiger charge is 2.36. The Hall–Kier alpha value is -4.63. The lowest BCUT2D eigenvalue weighted by Crippen LogP contribution is -2.54. The molecule has 0 spiro atoms. The molecule has 8 nitrogen and oxygen atoms in total. The van der Waals surface area contributed by atoms with Crippen LogP contribution in [0, 0.1) is 6.92 Å². The summed E-state index contributed by atoms with van der Waals surface area (Å²) in [6.07, 6.45) is 4.16. The van der Waals surface area contributed by atoms with Gasteiger partial charge in [-0.05, 0) is 55.2 Å². The molecule has 240 valence electrons. The van der Waals surface area contributed by atoms with E-state index in [0.717, 1.165) is 46.7 Å². The van der Waals surface area contributed by atoms with Crippen LogP contribution in [0.2, 0.25) is 0 Å². The maximum absolute atomic E-state index is 14.6. The van der Waals surface area contributed by atoms with Gasteiger partial charge in [-0.15, -0.1) is 0 Å². The zero-order valence-electron chi connectivity index (χ0n) is 26.3. The molecular formula is C37H41N3O5S. The fourth-order valence-corrected chi connectivity index (χ4v) is 7.33. The topological polar surface area (TPSA) is 96.0 Å². The second-order valence-electron chi connectivity index (χ2n) is 11.7. The zero-order valence-corrected chi connectivity index (χ0v) is 27.2. The van der Waals surface area contributed by atoms with Crippen LogP contribution in [0.5, 0.6) is 5.75 Å². The smallest absolute Gasteiger partial charge is 0.264 e. The van der Waals surface area contributed by atoms with Crippen molar-refractivity contribution < 1.29 is 22.7 Å². The number of nitrogens with one attached hydrogen (secondary N) is 1. The summed E-state index contributed by atoms with van der Waals surface area (Å²) in [6.45, 7) is 1.57. The van der Waals surface area contributed by atoms with Crippen molar-refractivity contribution in [3.8, 4) is 5.75 Å². The number of aryl methyl sites for hydroxylation is 1. The lowest BCUT2D eigenvalue weighted by Gasteiger charge is -2.34. The van der Waals surface area contributed by atoms with E-state index in [2.05, 4.69) is 5.32 Å². The SMILES string of the molecule is COc1ccccc1N(CC(=O)N(Cc1ccc(C)cc1)C(Cc1ccccc1)C(=O)NC1CCCC1)S(=O)(=O)c1ccccc1. The van der Waals surface area contributed by atoms with Crippen LogP contribution in [0.4, 0.5) is 5.69 Å². The van der Waals surface area contributed by atoms with Crippen molar-refractivity contribution in [1.29, 1.82) is 0 Å². The summed E-state index contributed by atoms with van der Waals surface area (Å²) in [4.78, 5) is 30.3. The molecule has 5 rings (SSSR count). The van der Waals surface area contributed by atoms with Crippen molar-refractivity contribution in [3.05, 3.63) is 126 Å². The predicted molar refractivity (Wildman–Crippen MR) is 180 cm³/mol. The predicted octanol–water partition coefficient (Wildman–Crippen LogP) is 5.90. The number of rotatable bonds is 13. The quantitative estimate of drug-likeness (QED) is 0.197. The number of hydrogen-bond acceptors (Lipinski definition) is 5. The molecule has 0 aliphatic heterocycles. The second kappa shape index (κ2) is 15.1. The highest BCUT2D eigenvalue weighted by atomic mass is 32.2. The number of sulfonamides is 1. The third-order valence-corrected chi connectivity index (χ3v) is 10.2. The van der Waals surface area contributed by atoms with Crippen LogP contribution in [0.3, 0.4) is 0 Å². The first-order valence-electron chi connectivity index (χ1n) is 15.7. The molecule has 0 heterocycles. The highest BCUT2D eigenvalue weighted by Crippen LogP contribution is 2.32. The Morgan fingerprint density at radius 2 is 1.43 bits per heavy atom. The average molecular weight is 640 g/mol. The Kier molecular flexibility index (Phi) is 10.8. The van der Waals surface area contributed by atoms with Gasteiger partial charge in [0.25, 0.3) is 10.0 Å². The first kappa shape index (κ1) is 32.8. The number of para-hydroxylation sites is 2. The summed E-state index contributed by atoms with van der Waals surface area (Å²) in [6, 6.07) is 31.3. The van der Waals surface area contributed by atoms with Crippen molar-refractivity contribution in [3.63, 3.8) is 0 Å². The van der Waals surface area contributed by atoms with Gasteiger partial charge in [0.15, 0.2) is 0 Å². The number of benzene rings is 4. The Morgan fingerprint density at radius 1 is 0.826 bits per heavy atom. The molecule has 0 radical (unpaired) electrons. The number of carbonyl (C=O) groups is 2. The van der Waals surface area contributed by atoms with E-state index in [9.17, 15) is 18.0 Å². The standard InChI is InChI=1S/C37H41N3O5S/c1-28-21-23-30(24-22-28)26-39(34(25-29-13-5-3-6-14-29)37(42)38-31-15-9-10-16-31)36(41)27-40(33-19-11-12-20-35(33)45-2)46(43,44)32-17-7-4-8-18-32/h3-8,11-14,17-24,31,34H,9-10,15-16,25-27H2,1-2H3,(H,38,42). The van der Waals surface area contributed by atoms with Gasteiger partial charge in [0, 0.05) is 19.0 Å². The Labute approximate surface area is 272 Å². The van der Waals surface area contributed by atoms with Gasteiger partial charge in [0.1, 0.15) is 18.3 Å². The van der Waals surface area contributed by atoms with E-state index in [1.54, 1.807) is 42.5 Å². The van der Waals surface area contributed by atoms with E-state index in [-0.39, 0.29) is 35.5 Å². The molecule has 2 amide bonds. The van der Waals surface area contributed by atoms with Gasteiger partial charge in [-0.2, -0.15) is 0 Å². The Morgan fingerprint density at radius 3 is 2.09 bits per heavy atom. The number of carbonyl (C=O) groups excluding carboxylic acids is 2. The van der Waals surface area contributed by atoms with Gasteiger partial charge in [-0.3, -0.25) is 13.9 Å². The second-order valence-corrected chi connectivity index (χ2v) is 13.6. The molecular weight excluding hydrogens is 598 g/mol. The maximum Gasteiger partial charge on any atom is 0.264 e. The van der Waals surface area contributed by atoms with Gasteiger partial charge in [-0.1, -0.05) is 103 Å². The minimum absolute atomic E-state index is 0.0404. The van der Waals surface area contributed by atoms with E-state index in [0.29, 0.717) is 5.75 Å². The molecule has 1 aliphatic rings. The zero-order chi connectivity index (χ0) is 32.5. The fraction of sp³-hybridized carbons (Fsp3) is 0.297. The summed E-state index contributed by atoms with van der Waals surface area (Å²) in [5.74, 6) is -0.445. The molecule has 1 fully saturated rings. The summed E-state index contributed by atoms with van der Waals surface area (Å²) < 4.78 is 35.0. The van der Waals surface area contributed by atoms with Crippen LogP contribution in [0.1, 0.15) is 42.4 Å². The van der Waals surface area contributed by atoms with Crippen molar-refractivity contribution in [2.75, 3.05) is 18.0 Å². The fourth-order valence-electron chi connectivity index (χ4n) is 5.88. The molecule has 4 aromatic carbocycles. The van der Waals surface area contributed by atoms with Crippen LogP contribution in [0.25, 0.3) is 0 Å². The Balaban J connectivity index is 1.58. The van der Waals surface area contributed by atoms with Gasteiger partial charge in [0.05, 0.1) is 17.7 Å². The minimum Gasteiger partial charge on any atom is -0.495 e. The van der Waals surface area contributed by atoms with Crippen molar-refractivity contribution in [1.82, 2.24) is 10.2 Å². The summed E-state index contributed by atoms with van der Waals surface area (Å²) >= 11 is 0. The maximum atomic E-state index is 14.6. The normalized spacial score (nSPS) is 14.0. The van der Waals surface area contributed by atoms with E-state index < -0.39 is 28.5 Å². The van der Waals surface area contributed by atoms with Crippen molar-refractivity contribution >= 4 is 27.5 Å². The van der Waals surface area contributed by atoms with Gasteiger partial charge in [0.2, 0.25) is 11.8 Å².